The Morgan fingerprint density at radius 2 is 2.05 bits per heavy atom. The lowest BCUT2D eigenvalue weighted by Crippen LogP contribution is -2.02. The molecule has 0 saturated carbocycles. The van der Waals surface area contributed by atoms with Gasteiger partial charge in [-0.05, 0) is 0 Å². The largest absolute Gasteiger partial charge is 0.465 e. The van der Waals surface area contributed by atoms with E-state index < -0.39 is 5.97 Å². The Labute approximate surface area is 135 Å². The van der Waals surface area contributed by atoms with Crippen LogP contribution in [0.5, 0.6) is 0 Å². The Balaban J connectivity index is 2.18. The fourth-order valence-corrected chi connectivity index (χ4v) is 3.93. The number of anilines is 1. The van der Waals surface area contributed by atoms with Gasteiger partial charge in [0.1, 0.15) is 16.5 Å². The van der Waals surface area contributed by atoms with Crippen LogP contribution in [0.15, 0.2) is 34.5 Å². The van der Waals surface area contributed by atoms with Crippen molar-refractivity contribution in [2.75, 3.05) is 18.6 Å². The van der Waals surface area contributed by atoms with E-state index in [0.29, 0.717) is 9.77 Å². The average molecular weight is 332 g/mol. The number of thiophene rings is 1. The van der Waals surface area contributed by atoms with Crippen molar-refractivity contribution in [3.63, 3.8) is 0 Å². The number of thioether (sulfide) groups is 1. The number of carbonyl (C=O) groups is 2. The highest BCUT2D eigenvalue weighted by atomic mass is 32.2. The van der Waals surface area contributed by atoms with Crippen molar-refractivity contribution in [1.29, 1.82) is 5.26 Å². The zero-order valence-electron chi connectivity index (χ0n) is 11.7. The van der Waals surface area contributed by atoms with Crippen molar-refractivity contribution in [2.45, 2.75) is 4.21 Å². The van der Waals surface area contributed by atoms with Gasteiger partial charge in [0.2, 0.25) is 0 Å². The fourth-order valence-electron chi connectivity index (χ4n) is 1.71. The summed E-state index contributed by atoms with van der Waals surface area (Å²) in [5.74, 6) is -0.472. The van der Waals surface area contributed by atoms with Crippen molar-refractivity contribution >= 4 is 40.5 Å². The van der Waals surface area contributed by atoms with Crippen LogP contribution < -0.4 is 5.73 Å². The number of carbonyl (C=O) groups excluding carboxylic acids is 2. The van der Waals surface area contributed by atoms with E-state index in [2.05, 4.69) is 4.74 Å². The number of benzene rings is 1. The predicted octanol–water partition coefficient (Wildman–Crippen LogP) is 2.96. The number of ketones is 1. The van der Waals surface area contributed by atoms with Crippen LogP contribution in [0.1, 0.15) is 25.6 Å². The maximum absolute atomic E-state index is 12.1. The second-order valence-electron chi connectivity index (χ2n) is 4.19. The summed E-state index contributed by atoms with van der Waals surface area (Å²) >= 11 is 2.27. The van der Waals surface area contributed by atoms with Crippen molar-refractivity contribution in [3.05, 3.63) is 46.3 Å². The van der Waals surface area contributed by atoms with Gasteiger partial charge in [-0.25, -0.2) is 4.79 Å². The first-order valence-electron chi connectivity index (χ1n) is 6.20. The molecule has 112 valence electrons. The molecule has 5 nitrogen and oxygen atoms in total. The van der Waals surface area contributed by atoms with Crippen molar-refractivity contribution in [1.82, 2.24) is 0 Å². The van der Waals surface area contributed by atoms with E-state index in [4.69, 9.17) is 5.73 Å². The van der Waals surface area contributed by atoms with E-state index in [1.807, 2.05) is 12.1 Å². The number of nitrogens with two attached hydrogens (primary N) is 1. The maximum Gasteiger partial charge on any atom is 0.350 e. The molecule has 0 aliphatic heterocycles. The fraction of sp³-hybridized carbons (Fsp3) is 0.133. The molecule has 1 aromatic carbocycles. The van der Waals surface area contributed by atoms with Crippen LogP contribution in [0.3, 0.4) is 0 Å². The molecule has 1 aromatic heterocycles. The number of Topliss-reactive ketones (excluding diaryl/α,β-unsaturated/α-hetero) is 1. The molecule has 2 rings (SSSR count). The summed E-state index contributed by atoms with van der Waals surface area (Å²) in [7, 11) is 1.25. The Morgan fingerprint density at radius 3 is 2.64 bits per heavy atom. The van der Waals surface area contributed by atoms with Gasteiger partial charge in [0, 0.05) is 5.56 Å². The molecule has 0 atom stereocenters. The highest BCUT2D eigenvalue weighted by Crippen LogP contribution is 2.38. The summed E-state index contributed by atoms with van der Waals surface area (Å²) in [6.45, 7) is 0. The number of nitrogens with zero attached hydrogens (tertiary/aromatic N) is 1. The first-order valence-corrected chi connectivity index (χ1v) is 8.00. The molecule has 0 aliphatic carbocycles. The number of esters is 1. The summed E-state index contributed by atoms with van der Waals surface area (Å²) in [6, 6.07) is 10.8. The maximum atomic E-state index is 12.1. The SMILES string of the molecule is COC(=O)c1sc(SCC(=O)c2ccccc2)c(C#N)c1N. The quantitative estimate of drug-likeness (QED) is 0.514. The summed E-state index contributed by atoms with van der Waals surface area (Å²) in [5.41, 5.74) is 6.72. The first-order chi connectivity index (χ1) is 10.6. The molecule has 0 bridgehead atoms. The Morgan fingerprint density at radius 1 is 1.36 bits per heavy atom. The van der Waals surface area contributed by atoms with E-state index in [0.717, 1.165) is 11.3 Å². The topological polar surface area (TPSA) is 93.2 Å². The molecule has 2 aromatic rings. The number of hydrogen-bond acceptors (Lipinski definition) is 7. The van der Waals surface area contributed by atoms with E-state index in [1.165, 1.54) is 18.9 Å². The van der Waals surface area contributed by atoms with E-state index in [1.54, 1.807) is 24.3 Å². The van der Waals surface area contributed by atoms with E-state index in [9.17, 15) is 14.9 Å². The van der Waals surface area contributed by atoms with Gasteiger partial charge in [-0.2, -0.15) is 5.26 Å². The van der Waals surface area contributed by atoms with Crippen molar-refractivity contribution < 1.29 is 14.3 Å². The van der Waals surface area contributed by atoms with Gasteiger partial charge >= 0.3 is 5.97 Å². The lowest BCUT2D eigenvalue weighted by molar-refractivity contribution is 0.0607. The lowest BCUT2D eigenvalue weighted by Gasteiger charge is -2.00. The Kier molecular flexibility index (Phi) is 5.20. The minimum Gasteiger partial charge on any atom is -0.465 e. The molecule has 0 fully saturated rings. The van der Waals surface area contributed by atoms with Gasteiger partial charge in [-0.15, -0.1) is 23.1 Å². The van der Waals surface area contributed by atoms with Gasteiger partial charge < -0.3 is 10.5 Å². The summed E-state index contributed by atoms with van der Waals surface area (Å²) in [6.07, 6.45) is 0. The number of rotatable bonds is 5. The van der Waals surface area contributed by atoms with Crippen LogP contribution in [-0.4, -0.2) is 24.6 Å². The standard InChI is InChI=1S/C15H12N2O3S2/c1-20-14(19)13-12(17)10(7-16)15(22-13)21-8-11(18)9-5-3-2-4-6-9/h2-6H,8,17H2,1H3. The van der Waals surface area contributed by atoms with Crippen LogP contribution in [0.4, 0.5) is 5.69 Å². The summed E-state index contributed by atoms with van der Waals surface area (Å²) in [4.78, 5) is 23.9. The van der Waals surface area contributed by atoms with Crippen molar-refractivity contribution in [2.24, 2.45) is 0 Å². The number of hydrogen-bond donors (Lipinski definition) is 1. The third-order valence-electron chi connectivity index (χ3n) is 2.83. The molecule has 1 heterocycles. The minimum atomic E-state index is -0.583. The molecule has 2 N–H and O–H groups in total. The van der Waals surface area contributed by atoms with E-state index >= 15 is 0 Å². The molecule has 0 unspecified atom stereocenters. The van der Waals surface area contributed by atoms with Crippen molar-refractivity contribution in [3.8, 4) is 6.07 Å². The molecule has 0 spiro atoms. The normalized spacial score (nSPS) is 10.0. The molecule has 7 heteroatoms. The van der Waals surface area contributed by atoms with Crippen LogP contribution in [0.25, 0.3) is 0 Å². The summed E-state index contributed by atoms with van der Waals surface area (Å²) in [5, 5.41) is 9.18. The number of nitriles is 1. The number of methoxy groups -OCH3 is 1. The molecule has 0 saturated heterocycles. The van der Waals surface area contributed by atoms with Gasteiger partial charge in [0.15, 0.2) is 5.78 Å². The van der Waals surface area contributed by atoms with Gasteiger partial charge in [0.25, 0.3) is 0 Å². The zero-order valence-corrected chi connectivity index (χ0v) is 13.3. The third-order valence-corrected chi connectivity index (χ3v) is 5.28. The average Bonchev–Trinajstić information content (AvgIpc) is 2.88. The van der Waals surface area contributed by atoms with Gasteiger partial charge in [-0.1, -0.05) is 30.3 Å². The molecule has 22 heavy (non-hydrogen) atoms. The predicted molar refractivity (Wildman–Crippen MR) is 86.3 cm³/mol. The Hall–Kier alpha value is -2.30. The molecular weight excluding hydrogens is 320 g/mol. The highest BCUT2D eigenvalue weighted by molar-refractivity contribution is 8.01. The molecule has 0 amide bonds. The van der Waals surface area contributed by atoms with Crippen LogP contribution >= 0.6 is 23.1 Å². The third kappa shape index (κ3) is 3.30. The van der Waals surface area contributed by atoms with Gasteiger partial charge in [0.05, 0.1) is 22.8 Å². The molecule has 0 radical (unpaired) electrons. The van der Waals surface area contributed by atoms with Crippen LogP contribution in [0, 0.1) is 11.3 Å². The second kappa shape index (κ2) is 7.11. The zero-order chi connectivity index (χ0) is 16.1. The highest BCUT2D eigenvalue weighted by Gasteiger charge is 2.22. The number of ether oxygens (including phenoxy) is 1. The number of nitrogen functional groups attached to an aromatic ring is 1. The van der Waals surface area contributed by atoms with Crippen LogP contribution in [0.2, 0.25) is 0 Å². The molecule has 0 aliphatic rings. The van der Waals surface area contributed by atoms with E-state index in [-0.39, 0.29) is 27.7 Å². The second-order valence-corrected chi connectivity index (χ2v) is 6.45. The Bertz CT molecular complexity index is 748. The lowest BCUT2D eigenvalue weighted by atomic mass is 10.2. The van der Waals surface area contributed by atoms with Gasteiger partial charge in [-0.3, -0.25) is 4.79 Å². The smallest absolute Gasteiger partial charge is 0.350 e. The van der Waals surface area contributed by atoms with Crippen LogP contribution in [-0.2, 0) is 4.74 Å². The summed E-state index contributed by atoms with van der Waals surface area (Å²) < 4.78 is 5.18. The monoisotopic (exact) mass is 332 g/mol. The minimum absolute atomic E-state index is 0.0546. The molecular formula is C15H12N2O3S2. The first kappa shape index (κ1) is 16.1.